The number of nitrogens with one attached hydrogen (secondary N) is 1. The summed E-state index contributed by atoms with van der Waals surface area (Å²) >= 11 is 6.46. The van der Waals surface area contributed by atoms with E-state index in [1.54, 1.807) is 11.0 Å². The van der Waals surface area contributed by atoms with Gasteiger partial charge in [-0.05, 0) is 38.3 Å². The molecule has 1 N–H and O–H groups in total. The number of nitrogens with zero attached hydrogens (tertiary/aromatic N) is 2. The van der Waals surface area contributed by atoms with Crippen LogP contribution in [-0.2, 0) is 17.9 Å². The number of halogens is 1. The number of hydrogen-bond acceptors (Lipinski definition) is 3. The molecule has 0 radical (unpaired) electrons. The van der Waals surface area contributed by atoms with Gasteiger partial charge in [0.25, 0.3) is 5.91 Å². The first-order valence-electron chi connectivity index (χ1n) is 12.3. The van der Waals surface area contributed by atoms with Crippen LogP contribution in [0.2, 0.25) is 5.02 Å². The Kier molecular flexibility index (Phi) is 6.19. The first-order valence-corrected chi connectivity index (χ1v) is 12.7. The molecule has 0 unspecified atom stereocenters. The molecule has 1 saturated carbocycles. The zero-order chi connectivity index (χ0) is 23.9. The summed E-state index contributed by atoms with van der Waals surface area (Å²) in [6, 6.07) is 11.4. The minimum Gasteiger partial charge on any atom is -0.460 e. The topological polar surface area (TPSA) is 67.5 Å². The largest absolute Gasteiger partial charge is 0.460 e. The molecule has 6 nitrogen and oxygen atoms in total. The van der Waals surface area contributed by atoms with E-state index in [1.165, 1.54) is 19.3 Å². The van der Waals surface area contributed by atoms with E-state index in [1.807, 2.05) is 48.7 Å². The summed E-state index contributed by atoms with van der Waals surface area (Å²) in [5, 5.41) is 3.91. The summed E-state index contributed by atoms with van der Waals surface area (Å²) in [5.41, 5.74) is 1.81. The summed E-state index contributed by atoms with van der Waals surface area (Å²) < 4.78 is 7.74. The van der Waals surface area contributed by atoms with E-state index in [4.69, 9.17) is 16.0 Å². The average Bonchev–Trinajstić information content (AvgIpc) is 3.30. The fraction of sp³-hybridized carbons (Fsp3) is 0.481. The molecule has 2 aromatic heterocycles. The van der Waals surface area contributed by atoms with Gasteiger partial charge < -0.3 is 19.2 Å². The van der Waals surface area contributed by atoms with Gasteiger partial charge in [-0.25, -0.2) is 0 Å². The highest BCUT2D eigenvalue weighted by Crippen LogP contribution is 2.35. The van der Waals surface area contributed by atoms with E-state index >= 15 is 0 Å². The van der Waals surface area contributed by atoms with Crippen molar-refractivity contribution < 1.29 is 14.0 Å². The van der Waals surface area contributed by atoms with E-state index in [0.29, 0.717) is 22.8 Å². The van der Waals surface area contributed by atoms with Crippen LogP contribution in [0, 0.1) is 6.92 Å². The molecule has 1 aliphatic carbocycles. The molecule has 0 spiro atoms. The van der Waals surface area contributed by atoms with Gasteiger partial charge in [-0.2, -0.15) is 0 Å². The van der Waals surface area contributed by atoms with Gasteiger partial charge in [-0.15, -0.1) is 0 Å². The van der Waals surface area contributed by atoms with Crippen molar-refractivity contribution in [2.45, 2.75) is 83.5 Å². The van der Waals surface area contributed by atoms with Gasteiger partial charge in [0.2, 0.25) is 5.91 Å². The smallest absolute Gasteiger partial charge is 0.271 e. The van der Waals surface area contributed by atoms with Crippen molar-refractivity contribution in [2.75, 3.05) is 0 Å². The van der Waals surface area contributed by atoms with Gasteiger partial charge in [-0.1, -0.05) is 61.9 Å². The second kappa shape index (κ2) is 9.14. The number of hydrogen-bond donors (Lipinski definition) is 1. The van der Waals surface area contributed by atoms with Crippen LogP contribution in [0.5, 0.6) is 0 Å². The highest BCUT2D eigenvalue weighted by Gasteiger charge is 2.48. The third kappa shape index (κ3) is 4.13. The van der Waals surface area contributed by atoms with Gasteiger partial charge in [-0.3, -0.25) is 9.59 Å². The minimum absolute atomic E-state index is 0.105. The van der Waals surface area contributed by atoms with Crippen molar-refractivity contribution in [2.24, 2.45) is 0 Å². The van der Waals surface area contributed by atoms with Gasteiger partial charge >= 0.3 is 0 Å². The first kappa shape index (κ1) is 23.0. The monoisotopic (exact) mass is 481 g/mol. The SMILES string of the molecule is Cc1cc2c(cc3n2C[C@@](C)(C(=O)NC2CCCCCCC2)N(Cc2ccccc2Cl)C3=O)o1. The van der Waals surface area contributed by atoms with Crippen LogP contribution in [0.3, 0.4) is 0 Å². The lowest BCUT2D eigenvalue weighted by molar-refractivity contribution is -0.134. The van der Waals surface area contributed by atoms with Crippen LogP contribution in [0.15, 0.2) is 40.8 Å². The number of aryl methyl sites for hydroxylation is 1. The van der Waals surface area contributed by atoms with Crippen LogP contribution >= 0.6 is 11.6 Å². The number of rotatable bonds is 4. The number of amides is 2. The molecular formula is C27H32ClN3O3. The number of carbonyl (C=O) groups is 2. The maximum atomic E-state index is 13.9. The highest BCUT2D eigenvalue weighted by molar-refractivity contribution is 6.31. The zero-order valence-electron chi connectivity index (χ0n) is 19.9. The average molecular weight is 482 g/mol. The lowest BCUT2D eigenvalue weighted by Gasteiger charge is -2.44. The Labute approximate surface area is 205 Å². The molecule has 1 aliphatic heterocycles. The minimum atomic E-state index is -1.07. The highest BCUT2D eigenvalue weighted by atomic mass is 35.5. The Hall–Kier alpha value is -2.73. The standard InChI is InChI=1S/C27H32ClN3O3/c1-18-14-22-24(34-18)15-23-25(32)31(16-19-10-8-9-13-21(19)28)27(2,17-30(22)23)26(33)29-20-11-6-4-3-5-7-12-20/h8-10,13-15,20H,3-7,11-12,16-17H2,1-2H3,(H,29,33)/t27-/m0/s1. The Balaban J connectivity index is 1.52. The molecule has 0 saturated heterocycles. The van der Waals surface area contributed by atoms with Crippen molar-refractivity contribution in [1.29, 1.82) is 0 Å². The zero-order valence-corrected chi connectivity index (χ0v) is 20.7. The van der Waals surface area contributed by atoms with Gasteiger partial charge in [0.05, 0.1) is 12.1 Å². The number of furan rings is 1. The first-order chi connectivity index (χ1) is 16.4. The van der Waals surface area contributed by atoms with Crippen molar-refractivity contribution in [1.82, 2.24) is 14.8 Å². The van der Waals surface area contributed by atoms with Crippen molar-refractivity contribution in [3.8, 4) is 0 Å². The predicted molar refractivity (Wildman–Crippen MR) is 133 cm³/mol. The van der Waals surface area contributed by atoms with Crippen molar-refractivity contribution in [3.05, 3.63) is 58.4 Å². The molecule has 34 heavy (non-hydrogen) atoms. The summed E-state index contributed by atoms with van der Waals surface area (Å²) in [6.45, 7) is 4.39. The number of benzene rings is 1. The van der Waals surface area contributed by atoms with E-state index in [-0.39, 0.29) is 24.4 Å². The number of aromatic nitrogens is 1. The molecule has 5 rings (SSSR count). The molecule has 2 amide bonds. The molecular weight excluding hydrogens is 450 g/mol. The van der Waals surface area contributed by atoms with E-state index in [0.717, 1.165) is 42.5 Å². The van der Waals surface area contributed by atoms with Crippen LogP contribution in [0.4, 0.5) is 0 Å². The molecule has 180 valence electrons. The van der Waals surface area contributed by atoms with Crippen LogP contribution in [0.25, 0.3) is 11.1 Å². The van der Waals surface area contributed by atoms with Gasteiger partial charge in [0, 0.05) is 29.7 Å². The molecule has 1 fully saturated rings. The predicted octanol–water partition coefficient (Wildman–Crippen LogP) is 5.84. The number of carbonyl (C=O) groups excluding carboxylic acids is 2. The lowest BCUT2D eigenvalue weighted by Crippen LogP contribution is -2.64. The second-order valence-electron chi connectivity index (χ2n) is 9.99. The normalized spacial score (nSPS) is 21.9. The molecule has 3 aromatic rings. The van der Waals surface area contributed by atoms with Gasteiger partial charge in [0.15, 0.2) is 5.58 Å². The summed E-state index contributed by atoms with van der Waals surface area (Å²) in [4.78, 5) is 29.4. The molecule has 3 heterocycles. The number of fused-ring (bicyclic) bond motifs is 3. The molecule has 1 atom stereocenters. The van der Waals surface area contributed by atoms with E-state index in [9.17, 15) is 9.59 Å². The second-order valence-corrected chi connectivity index (χ2v) is 10.4. The van der Waals surface area contributed by atoms with Crippen LogP contribution < -0.4 is 5.32 Å². The quantitative estimate of drug-likeness (QED) is 0.509. The molecule has 0 bridgehead atoms. The summed E-state index contributed by atoms with van der Waals surface area (Å²) in [5.74, 6) is 0.489. The Morgan fingerprint density at radius 1 is 1.15 bits per heavy atom. The fourth-order valence-corrected chi connectivity index (χ4v) is 5.64. The van der Waals surface area contributed by atoms with E-state index in [2.05, 4.69) is 5.32 Å². The van der Waals surface area contributed by atoms with Crippen LogP contribution in [0.1, 0.15) is 73.7 Å². The molecule has 7 heteroatoms. The molecule has 1 aromatic carbocycles. The lowest BCUT2D eigenvalue weighted by atomic mass is 9.91. The third-order valence-corrected chi connectivity index (χ3v) is 7.82. The maximum absolute atomic E-state index is 13.9. The van der Waals surface area contributed by atoms with Crippen molar-refractivity contribution >= 4 is 34.5 Å². The summed E-state index contributed by atoms with van der Waals surface area (Å²) in [7, 11) is 0. The molecule has 2 aliphatic rings. The Bertz CT molecular complexity index is 1220. The summed E-state index contributed by atoms with van der Waals surface area (Å²) in [6.07, 6.45) is 7.92. The third-order valence-electron chi connectivity index (χ3n) is 7.45. The van der Waals surface area contributed by atoms with E-state index < -0.39 is 5.54 Å². The Morgan fingerprint density at radius 3 is 2.59 bits per heavy atom. The van der Waals surface area contributed by atoms with Gasteiger partial charge in [0.1, 0.15) is 17.0 Å². The Morgan fingerprint density at radius 2 is 1.85 bits per heavy atom. The van der Waals surface area contributed by atoms with Crippen LogP contribution in [-0.4, -0.2) is 32.9 Å². The fourth-order valence-electron chi connectivity index (χ4n) is 5.45. The maximum Gasteiger partial charge on any atom is 0.271 e. The van der Waals surface area contributed by atoms with Crippen molar-refractivity contribution in [3.63, 3.8) is 0 Å².